The van der Waals surface area contributed by atoms with E-state index in [4.69, 9.17) is 4.74 Å². The minimum absolute atomic E-state index is 0.0955. The lowest BCUT2D eigenvalue weighted by Gasteiger charge is -2.15. The van der Waals surface area contributed by atoms with E-state index in [-0.39, 0.29) is 23.9 Å². The lowest BCUT2D eigenvalue weighted by molar-refractivity contribution is 0.0940. The molecule has 3 nitrogen and oxygen atoms in total. The zero-order chi connectivity index (χ0) is 16.1. The van der Waals surface area contributed by atoms with Crippen LogP contribution in [0.4, 0.5) is 4.39 Å². The number of amides is 1. The fraction of sp³-hybridized carbons (Fsp3) is 0.278. The Kier molecular flexibility index (Phi) is 5.15. The first-order valence-electron chi connectivity index (χ1n) is 7.29. The lowest BCUT2D eigenvalue weighted by Crippen LogP contribution is -2.26. The second-order valence-corrected chi connectivity index (χ2v) is 5.44. The van der Waals surface area contributed by atoms with E-state index < -0.39 is 0 Å². The molecule has 0 aliphatic heterocycles. The van der Waals surface area contributed by atoms with Crippen molar-refractivity contribution in [3.05, 3.63) is 65.5 Å². The highest BCUT2D eigenvalue weighted by Crippen LogP contribution is 2.16. The van der Waals surface area contributed by atoms with Gasteiger partial charge in [0.05, 0.1) is 12.1 Å². The standard InChI is InChI=1S/C18H20FNO2/c1-12(2)22-17-10-6-15(7-11-17)18(21)20-13(3)14-4-8-16(19)9-5-14/h4-13H,1-3H3,(H,20,21). The third kappa shape index (κ3) is 4.32. The zero-order valence-corrected chi connectivity index (χ0v) is 13.0. The van der Waals surface area contributed by atoms with Crippen LogP contribution >= 0.6 is 0 Å². The number of rotatable bonds is 5. The van der Waals surface area contributed by atoms with Crippen LogP contribution in [0.5, 0.6) is 5.75 Å². The normalized spacial score (nSPS) is 12.0. The Hall–Kier alpha value is -2.36. The summed E-state index contributed by atoms with van der Waals surface area (Å²) in [4.78, 5) is 12.2. The largest absolute Gasteiger partial charge is 0.491 e. The predicted molar refractivity (Wildman–Crippen MR) is 84.5 cm³/mol. The first kappa shape index (κ1) is 16.0. The van der Waals surface area contributed by atoms with Gasteiger partial charge in [-0.1, -0.05) is 12.1 Å². The molecule has 0 bridgehead atoms. The molecule has 0 spiro atoms. The molecule has 1 atom stereocenters. The summed E-state index contributed by atoms with van der Waals surface area (Å²) in [5, 5.41) is 2.89. The number of hydrogen-bond acceptors (Lipinski definition) is 2. The van der Waals surface area contributed by atoms with Gasteiger partial charge in [0.1, 0.15) is 11.6 Å². The molecule has 0 aliphatic rings. The fourth-order valence-corrected chi connectivity index (χ4v) is 2.07. The number of nitrogens with one attached hydrogen (secondary N) is 1. The first-order chi connectivity index (χ1) is 10.5. The third-order valence-electron chi connectivity index (χ3n) is 3.21. The van der Waals surface area contributed by atoms with Crippen LogP contribution in [0.25, 0.3) is 0 Å². The maximum atomic E-state index is 12.9. The molecule has 0 aliphatic carbocycles. The van der Waals surface area contributed by atoms with Crippen molar-refractivity contribution in [2.24, 2.45) is 0 Å². The van der Waals surface area contributed by atoms with Gasteiger partial charge in [-0.25, -0.2) is 4.39 Å². The van der Waals surface area contributed by atoms with E-state index in [1.807, 2.05) is 20.8 Å². The maximum Gasteiger partial charge on any atom is 0.251 e. The quantitative estimate of drug-likeness (QED) is 0.902. The van der Waals surface area contributed by atoms with Gasteiger partial charge in [0.25, 0.3) is 5.91 Å². The van der Waals surface area contributed by atoms with E-state index in [2.05, 4.69) is 5.32 Å². The molecule has 2 rings (SSSR count). The van der Waals surface area contributed by atoms with Crippen LogP contribution in [0.15, 0.2) is 48.5 Å². The van der Waals surface area contributed by atoms with Crippen molar-refractivity contribution in [2.75, 3.05) is 0 Å². The van der Waals surface area contributed by atoms with Gasteiger partial charge in [0.2, 0.25) is 0 Å². The predicted octanol–water partition coefficient (Wildman–Crippen LogP) is 4.10. The number of carbonyl (C=O) groups is 1. The van der Waals surface area contributed by atoms with Crippen LogP contribution in [-0.4, -0.2) is 12.0 Å². The summed E-state index contributed by atoms with van der Waals surface area (Å²) >= 11 is 0. The molecule has 0 saturated carbocycles. The fourth-order valence-electron chi connectivity index (χ4n) is 2.07. The summed E-state index contributed by atoms with van der Waals surface area (Å²) in [6, 6.07) is 12.9. The molecule has 22 heavy (non-hydrogen) atoms. The molecule has 2 aromatic rings. The van der Waals surface area contributed by atoms with Crippen LogP contribution in [-0.2, 0) is 0 Å². The van der Waals surface area contributed by atoms with Crippen molar-refractivity contribution in [2.45, 2.75) is 32.9 Å². The molecule has 0 fully saturated rings. The monoisotopic (exact) mass is 301 g/mol. The molecule has 0 saturated heterocycles. The van der Waals surface area contributed by atoms with E-state index in [1.165, 1.54) is 12.1 Å². The lowest BCUT2D eigenvalue weighted by atomic mass is 10.1. The Balaban J connectivity index is 2.00. The molecule has 116 valence electrons. The van der Waals surface area contributed by atoms with Crippen molar-refractivity contribution < 1.29 is 13.9 Å². The summed E-state index contributed by atoms with van der Waals surface area (Å²) in [5.74, 6) is 0.272. The number of hydrogen-bond donors (Lipinski definition) is 1. The second kappa shape index (κ2) is 7.07. The van der Waals surface area contributed by atoms with Crippen LogP contribution in [0, 0.1) is 5.82 Å². The molecular weight excluding hydrogens is 281 g/mol. The Morgan fingerprint density at radius 2 is 1.59 bits per heavy atom. The molecule has 0 aromatic heterocycles. The van der Waals surface area contributed by atoms with E-state index >= 15 is 0 Å². The highest BCUT2D eigenvalue weighted by Gasteiger charge is 2.11. The minimum atomic E-state index is -0.289. The first-order valence-corrected chi connectivity index (χ1v) is 7.29. The van der Waals surface area contributed by atoms with Gasteiger partial charge in [-0.15, -0.1) is 0 Å². The Bertz CT molecular complexity index is 621. The highest BCUT2D eigenvalue weighted by atomic mass is 19.1. The van der Waals surface area contributed by atoms with E-state index in [9.17, 15) is 9.18 Å². The average molecular weight is 301 g/mol. The molecule has 4 heteroatoms. The van der Waals surface area contributed by atoms with Gasteiger partial charge in [-0.2, -0.15) is 0 Å². The van der Waals surface area contributed by atoms with Crippen molar-refractivity contribution in [3.63, 3.8) is 0 Å². The summed E-state index contributed by atoms with van der Waals surface area (Å²) in [5.41, 5.74) is 1.42. The average Bonchev–Trinajstić information content (AvgIpc) is 2.48. The highest BCUT2D eigenvalue weighted by molar-refractivity contribution is 5.94. The second-order valence-electron chi connectivity index (χ2n) is 5.44. The van der Waals surface area contributed by atoms with E-state index in [1.54, 1.807) is 36.4 Å². The van der Waals surface area contributed by atoms with Crippen molar-refractivity contribution in [3.8, 4) is 5.75 Å². The molecule has 2 aromatic carbocycles. The van der Waals surface area contributed by atoms with Gasteiger partial charge < -0.3 is 10.1 Å². The van der Waals surface area contributed by atoms with Crippen molar-refractivity contribution in [1.29, 1.82) is 0 Å². The molecule has 0 radical (unpaired) electrons. The number of carbonyl (C=O) groups excluding carboxylic acids is 1. The Morgan fingerprint density at radius 1 is 1.00 bits per heavy atom. The third-order valence-corrected chi connectivity index (χ3v) is 3.21. The molecule has 1 N–H and O–H groups in total. The Morgan fingerprint density at radius 3 is 2.14 bits per heavy atom. The van der Waals surface area contributed by atoms with Crippen LogP contribution < -0.4 is 10.1 Å². The smallest absolute Gasteiger partial charge is 0.251 e. The summed E-state index contributed by atoms with van der Waals surface area (Å²) in [6.45, 7) is 5.76. The summed E-state index contributed by atoms with van der Waals surface area (Å²) in [6.07, 6.45) is 0.0955. The maximum absolute atomic E-state index is 12.9. The van der Waals surface area contributed by atoms with E-state index in [0.717, 1.165) is 11.3 Å². The SMILES string of the molecule is CC(C)Oc1ccc(C(=O)NC(C)c2ccc(F)cc2)cc1. The zero-order valence-electron chi connectivity index (χ0n) is 13.0. The molecular formula is C18H20FNO2. The number of ether oxygens (including phenoxy) is 1. The number of halogens is 1. The molecule has 1 amide bonds. The van der Waals surface area contributed by atoms with Crippen molar-refractivity contribution >= 4 is 5.91 Å². The van der Waals surface area contributed by atoms with Gasteiger partial charge in [-0.3, -0.25) is 4.79 Å². The van der Waals surface area contributed by atoms with Crippen LogP contribution in [0.2, 0.25) is 0 Å². The topological polar surface area (TPSA) is 38.3 Å². The van der Waals surface area contributed by atoms with Gasteiger partial charge in [0.15, 0.2) is 0 Å². The summed E-state index contributed by atoms with van der Waals surface area (Å²) in [7, 11) is 0. The molecule has 0 heterocycles. The van der Waals surface area contributed by atoms with Gasteiger partial charge >= 0.3 is 0 Å². The summed E-state index contributed by atoms with van der Waals surface area (Å²) < 4.78 is 18.4. The van der Waals surface area contributed by atoms with E-state index in [0.29, 0.717) is 5.56 Å². The van der Waals surface area contributed by atoms with Gasteiger partial charge in [0, 0.05) is 5.56 Å². The van der Waals surface area contributed by atoms with Crippen LogP contribution in [0.1, 0.15) is 42.7 Å². The number of benzene rings is 2. The minimum Gasteiger partial charge on any atom is -0.491 e. The van der Waals surface area contributed by atoms with Gasteiger partial charge in [-0.05, 0) is 62.7 Å². The Labute approximate surface area is 130 Å². The van der Waals surface area contributed by atoms with Crippen molar-refractivity contribution in [1.82, 2.24) is 5.32 Å². The van der Waals surface area contributed by atoms with Crippen LogP contribution in [0.3, 0.4) is 0 Å². The molecule has 1 unspecified atom stereocenters.